The molecule has 4 rings (SSSR count). The van der Waals surface area contributed by atoms with Gasteiger partial charge < -0.3 is 15.0 Å². The van der Waals surface area contributed by atoms with Crippen molar-refractivity contribution in [2.45, 2.75) is 33.4 Å². The zero-order valence-corrected chi connectivity index (χ0v) is 19.6. The Hall–Kier alpha value is -4.05. The maximum Gasteiger partial charge on any atom is 0.339 e. The molecular formula is C24H22N4O5S. The number of carbonyl (C=O) groups excluding carboxylic acids is 1. The molecule has 2 heterocycles. The van der Waals surface area contributed by atoms with Crippen LogP contribution in [0, 0.1) is 24.0 Å². The fourth-order valence-corrected chi connectivity index (χ4v) is 4.54. The zero-order valence-electron chi connectivity index (χ0n) is 18.7. The molecule has 0 spiro atoms. The fourth-order valence-electron chi connectivity index (χ4n) is 3.50. The maximum absolute atomic E-state index is 12.7. The number of nitrogens with one attached hydrogen (secondary N) is 2. The molecule has 0 amide bonds. The highest BCUT2D eigenvalue weighted by molar-refractivity contribution is 7.18. The molecule has 2 aromatic heterocycles. The normalized spacial score (nSPS) is 11.9. The molecule has 174 valence electrons. The third kappa shape index (κ3) is 4.67. The highest BCUT2D eigenvalue weighted by Gasteiger charge is 2.22. The highest BCUT2D eigenvalue weighted by atomic mass is 32.1. The SMILES string of the molecule is Cc1sc2nc(C(C)OC(=O)c3ccc(NCc4ccccc4)c([N+](=O)[O-])c3)[nH]c(=O)c2c1C. The minimum Gasteiger partial charge on any atom is -0.451 e. The first-order valence-corrected chi connectivity index (χ1v) is 11.3. The van der Waals surface area contributed by atoms with Gasteiger partial charge in [-0.25, -0.2) is 9.78 Å². The van der Waals surface area contributed by atoms with Crippen LogP contribution in [0.25, 0.3) is 10.2 Å². The summed E-state index contributed by atoms with van der Waals surface area (Å²) in [5, 5.41) is 15.2. The molecule has 4 aromatic rings. The number of esters is 1. The van der Waals surface area contributed by atoms with Gasteiger partial charge in [0.2, 0.25) is 0 Å². The van der Waals surface area contributed by atoms with Crippen molar-refractivity contribution in [1.29, 1.82) is 0 Å². The van der Waals surface area contributed by atoms with E-state index in [-0.39, 0.29) is 22.6 Å². The number of benzene rings is 2. The lowest BCUT2D eigenvalue weighted by Gasteiger charge is -2.13. The Balaban J connectivity index is 1.53. The van der Waals surface area contributed by atoms with Crippen LogP contribution in [0.3, 0.4) is 0 Å². The number of rotatable bonds is 7. The number of aromatic amines is 1. The van der Waals surface area contributed by atoms with E-state index in [0.29, 0.717) is 22.4 Å². The summed E-state index contributed by atoms with van der Waals surface area (Å²) in [6.45, 7) is 5.75. The summed E-state index contributed by atoms with van der Waals surface area (Å²) in [5.41, 5.74) is 1.61. The molecule has 0 aliphatic rings. The maximum atomic E-state index is 12.7. The van der Waals surface area contributed by atoms with Crippen LogP contribution in [0.2, 0.25) is 0 Å². The first-order chi connectivity index (χ1) is 16.2. The van der Waals surface area contributed by atoms with Crippen LogP contribution in [0.1, 0.15) is 45.2 Å². The molecule has 10 heteroatoms. The Labute approximate surface area is 198 Å². The highest BCUT2D eigenvalue weighted by Crippen LogP contribution is 2.29. The number of aromatic nitrogens is 2. The summed E-state index contributed by atoms with van der Waals surface area (Å²) in [6.07, 6.45) is -0.859. The zero-order chi connectivity index (χ0) is 24.4. The average molecular weight is 479 g/mol. The lowest BCUT2D eigenvalue weighted by atomic mass is 10.1. The van der Waals surface area contributed by atoms with Crippen molar-refractivity contribution >= 4 is 38.9 Å². The molecule has 34 heavy (non-hydrogen) atoms. The number of anilines is 1. The van der Waals surface area contributed by atoms with Crippen molar-refractivity contribution < 1.29 is 14.5 Å². The van der Waals surface area contributed by atoms with E-state index in [1.807, 2.05) is 44.2 Å². The second-order valence-electron chi connectivity index (χ2n) is 7.79. The Morgan fingerprint density at radius 3 is 2.68 bits per heavy atom. The molecule has 1 unspecified atom stereocenters. The number of fused-ring (bicyclic) bond motifs is 1. The number of nitrogens with zero attached hydrogens (tertiary/aromatic N) is 2. The Kier molecular flexibility index (Phi) is 6.42. The fraction of sp³-hybridized carbons (Fsp3) is 0.208. The predicted molar refractivity (Wildman–Crippen MR) is 130 cm³/mol. The third-order valence-corrected chi connectivity index (χ3v) is 6.58. The summed E-state index contributed by atoms with van der Waals surface area (Å²) in [4.78, 5) is 45.0. The van der Waals surface area contributed by atoms with Crippen molar-refractivity contribution in [3.63, 3.8) is 0 Å². The van der Waals surface area contributed by atoms with Crippen LogP contribution in [0.15, 0.2) is 53.3 Å². The van der Waals surface area contributed by atoms with Crippen LogP contribution in [0.5, 0.6) is 0 Å². The number of hydrogen-bond acceptors (Lipinski definition) is 8. The van der Waals surface area contributed by atoms with E-state index in [0.717, 1.165) is 16.0 Å². The molecular weight excluding hydrogens is 456 g/mol. The van der Waals surface area contributed by atoms with Gasteiger partial charge in [0.25, 0.3) is 11.2 Å². The summed E-state index contributed by atoms with van der Waals surface area (Å²) >= 11 is 1.40. The molecule has 2 N–H and O–H groups in total. The third-order valence-electron chi connectivity index (χ3n) is 5.48. The molecule has 0 saturated carbocycles. The van der Waals surface area contributed by atoms with E-state index in [9.17, 15) is 19.7 Å². The molecule has 0 saturated heterocycles. The van der Waals surface area contributed by atoms with E-state index in [4.69, 9.17) is 4.74 Å². The minimum atomic E-state index is -0.859. The molecule has 9 nitrogen and oxygen atoms in total. The second-order valence-corrected chi connectivity index (χ2v) is 8.99. The monoisotopic (exact) mass is 478 g/mol. The van der Waals surface area contributed by atoms with Crippen LogP contribution >= 0.6 is 11.3 Å². The molecule has 0 bridgehead atoms. The average Bonchev–Trinajstić information content (AvgIpc) is 3.11. The second kappa shape index (κ2) is 9.44. The Bertz CT molecular complexity index is 1450. The predicted octanol–water partition coefficient (Wildman–Crippen LogP) is 5.04. The molecule has 0 aliphatic heterocycles. The summed E-state index contributed by atoms with van der Waals surface area (Å²) < 4.78 is 5.46. The number of aryl methyl sites for hydroxylation is 2. The van der Waals surface area contributed by atoms with Crippen molar-refractivity contribution in [3.8, 4) is 0 Å². The van der Waals surface area contributed by atoms with Gasteiger partial charge in [0, 0.05) is 17.5 Å². The largest absolute Gasteiger partial charge is 0.451 e. The first-order valence-electron chi connectivity index (χ1n) is 10.5. The number of H-pyrrole nitrogens is 1. The van der Waals surface area contributed by atoms with Crippen LogP contribution in [0.4, 0.5) is 11.4 Å². The molecule has 0 aliphatic carbocycles. The molecule has 0 radical (unpaired) electrons. The van der Waals surface area contributed by atoms with Gasteiger partial charge in [0.15, 0.2) is 11.9 Å². The molecule has 2 aromatic carbocycles. The smallest absolute Gasteiger partial charge is 0.339 e. The molecule has 0 fully saturated rings. The Morgan fingerprint density at radius 2 is 1.97 bits per heavy atom. The van der Waals surface area contributed by atoms with Gasteiger partial charge in [0.05, 0.1) is 15.9 Å². The number of nitro groups is 1. The van der Waals surface area contributed by atoms with Crippen molar-refractivity contribution in [3.05, 3.63) is 96.4 Å². The summed E-state index contributed by atoms with van der Waals surface area (Å²) in [5.74, 6) is -0.547. The van der Waals surface area contributed by atoms with Crippen LogP contribution < -0.4 is 10.9 Å². The van der Waals surface area contributed by atoms with E-state index in [2.05, 4.69) is 15.3 Å². The van der Waals surface area contributed by atoms with Gasteiger partial charge in [-0.2, -0.15) is 0 Å². The van der Waals surface area contributed by atoms with E-state index < -0.39 is 17.0 Å². The summed E-state index contributed by atoms with van der Waals surface area (Å²) in [6, 6.07) is 13.6. The quantitative estimate of drug-likeness (QED) is 0.216. The summed E-state index contributed by atoms with van der Waals surface area (Å²) in [7, 11) is 0. The lowest BCUT2D eigenvalue weighted by molar-refractivity contribution is -0.384. The van der Waals surface area contributed by atoms with Crippen LogP contribution in [-0.4, -0.2) is 20.9 Å². The number of carbonyl (C=O) groups is 1. The van der Waals surface area contributed by atoms with Gasteiger partial charge in [-0.15, -0.1) is 11.3 Å². The number of nitro benzene ring substituents is 1. The van der Waals surface area contributed by atoms with Gasteiger partial charge in [0.1, 0.15) is 10.5 Å². The van der Waals surface area contributed by atoms with Crippen molar-refractivity contribution in [1.82, 2.24) is 9.97 Å². The van der Waals surface area contributed by atoms with Crippen molar-refractivity contribution in [2.24, 2.45) is 0 Å². The first kappa shape index (κ1) is 23.1. The van der Waals surface area contributed by atoms with Gasteiger partial charge in [-0.05, 0) is 44.0 Å². The van der Waals surface area contributed by atoms with Crippen molar-refractivity contribution in [2.75, 3.05) is 5.32 Å². The lowest BCUT2D eigenvalue weighted by Crippen LogP contribution is -2.17. The topological polar surface area (TPSA) is 127 Å². The van der Waals surface area contributed by atoms with Gasteiger partial charge in [-0.3, -0.25) is 14.9 Å². The van der Waals surface area contributed by atoms with E-state index >= 15 is 0 Å². The van der Waals surface area contributed by atoms with Gasteiger partial charge in [-0.1, -0.05) is 30.3 Å². The Morgan fingerprint density at radius 1 is 1.24 bits per heavy atom. The van der Waals surface area contributed by atoms with E-state index in [1.165, 1.54) is 29.5 Å². The molecule has 1 atom stereocenters. The number of ether oxygens (including phenoxy) is 1. The number of hydrogen-bond donors (Lipinski definition) is 2. The standard InChI is InChI=1S/C24H22N4O5S/c1-13-15(3)34-23-20(13)22(29)26-21(27-23)14(2)33-24(30)17-9-10-18(19(11-17)28(31)32)25-12-16-7-5-4-6-8-16/h4-11,14,25H,12H2,1-3H3,(H,26,27,29). The van der Waals surface area contributed by atoms with Crippen LogP contribution in [-0.2, 0) is 11.3 Å². The number of thiophene rings is 1. The van der Waals surface area contributed by atoms with E-state index in [1.54, 1.807) is 6.92 Å². The minimum absolute atomic E-state index is 0.0232. The van der Waals surface area contributed by atoms with Gasteiger partial charge >= 0.3 is 5.97 Å².